The van der Waals surface area contributed by atoms with Gasteiger partial charge in [0.2, 0.25) is 53.4 Å². The fourth-order valence-electron chi connectivity index (χ4n) is 21.4. The molecule has 808 valence electrons. The molecule has 43 heteroatoms. The number of aliphatic hydroxyl groups excluding tert-OH is 3. The molecule has 0 unspecified atom stereocenters. The highest BCUT2D eigenvalue weighted by molar-refractivity contribution is 6.13. The number of Topliss-reactive ketones (excluding diaryl/α,β-unsaturated/α-hetero) is 2. The number of amides is 8. The lowest BCUT2D eigenvalue weighted by Crippen LogP contribution is -2.63. The number of aliphatic carboxylic acids is 1. The van der Waals surface area contributed by atoms with Crippen LogP contribution in [0.1, 0.15) is 179 Å². The number of rotatable bonds is 23. The molecular formula is C103H153N15O28. The number of carboxylic acid groups (broad SMARTS) is 1. The quantitative estimate of drug-likeness (QED) is 0.0211. The summed E-state index contributed by atoms with van der Waals surface area (Å²) in [5, 5.41) is 64.9. The summed E-state index contributed by atoms with van der Waals surface area (Å²) in [6.07, 6.45) is 11.7. The van der Waals surface area contributed by atoms with Crippen LogP contribution in [0.25, 0.3) is 0 Å². The van der Waals surface area contributed by atoms with Crippen molar-refractivity contribution in [2.75, 3.05) is 176 Å². The Hall–Kier alpha value is -11.6. The number of hydrogen-bond acceptors (Lipinski definition) is 32. The summed E-state index contributed by atoms with van der Waals surface area (Å²) >= 11 is 0. The first-order valence-electron chi connectivity index (χ1n) is 50.7. The summed E-state index contributed by atoms with van der Waals surface area (Å²) in [7, 11) is 21.4. The molecule has 3 saturated carbocycles. The van der Waals surface area contributed by atoms with Crippen molar-refractivity contribution < 1.29 is 126 Å². The third kappa shape index (κ3) is 29.5. The van der Waals surface area contributed by atoms with E-state index in [0.717, 1.165) is 120 Å². The van der Waals surface area contributed by atoms with Crippen molar-refractivity contribution in [3.05, 3.63) is 114 Å². The van der Waals surface area contributed by atoms with Gasteiger partial charge < -0.3 is 89.2 Å². The van der Waals surface area contributed by atoms with Gasteiger partial charge in [-0.15, -0.1) is 0 Å². The third-order valence-electron chi connectivity index (χ3n) is 29.0. The SMILES string of the molecule is C1CCOC1.CC(C)[C@H]1C(=O)N2C(C(=O)OC(=O)c3ccc([N+](=O)[O-])cc3)=C(CN3CC[C@H](C(=O)N(C)C)C3)[C@H](C)[C@H]12.CCO.CN(C)C(=O)C1CCCC1.CN(C)C(=O)[C@H]1CCNC1.CNC.C[C@@H](O)[C@H]1C(=O)N2C(C(=O)O)=C(CN3CC[C@H](C(=O)N(C)C)C3)[C@H](C)[C@H]12.C[C@@H](O)[C@H]1C(=O)N2C(C(=O)OC(=O)c3ccc([N+](=O)[O-])cc3)=C(CN3CC[C@H](C(=O)N(C)C)C3)[C@H](C)[C@H]12.O=C(OC1C(=O)CCC1=O)C1CCCC1. The van der Waals surface area contributed by atoms with Gasteiger partial charge >= 0.3 is 35.8 Å². The number of esters is 5. The molecular weight excluding hydrogens is 1900 g/mol. The highest BCUT2D eigenvalue weighted by Crippen LogP contribution is 2.52. The predicted molar refractivity (Wildman–Crippen MR) is 533 cm³/mol. The maximum atomic E-state index is 13.3. The van der Waals surface area contributed by atoms with E-state index in [-0.39, 0.29) is 183 Å². The van der Waals surface area contributed by atoms with Crippen molar-refractivity contribution in [3.8, 4) is 0 Å². The zero-order valence-corrected chi connectivity index (χ0v) is 88.2. The Balaban J connectivity index is 0.000000221. The Labute approximate surface area is 854 Å². The number of carbonyl (C=O) groups excluding carboxylic acids is 15. The first kappa shape index (κ1) is 120. The number of nitro benzene ring substituents is 2. The van der Waals surface area contributed by atoms with Crippen molar-refractivity contribution in [1.29, 1.82) is 0 Å². The van der Waals surface area contributed by atoms with Gasteiger partial charge in [-0.05, 0) is 172 Å². The van der Waals surface area contributed by atoms with Crippen molar-refractivity contribution >= 4 is 106 Å². The molecule has 2 aromatic carbocycles. The maximum Gasteiger partial charge on any atom is 0.362 e. The number of benzene rings is 2. The molecule has 0 radical (unpaired) electrons. The van der Waals surface area contributed by atoms with Crippen molar-refractivity contribution in [1.82, 2.24) is 64.5 Å². The smallest absolute Gasteiger partial charge is 0.362 e. The minimum Gasteiger partial charge on any atom is -0.477 e. The molecule has 0 spiro atoms. The van der Waals surface area contributed by atoms with Gasteiger partial charge in [0, 0.05) is 197 Å². The average Bonchev–Trinajstić information content (AvgIpc) is 1.56. The van der Waals surface area contributed by atoms with Crippen LogP contribution in [0.2, 0.25) is 0 Å². The molecule has 8 saturated heterocycles. The number of carbonyl (C=O) groups is 16. The molecule has 0 bridgehead atoms. The highest BCUT2D eigenvalue weighted by atomic mass is 16.6. The Bertz CT molecular complexity index is 4870. The maximum absolute atomic E-state index is 13.3. The molecule has 8 amide bonds. The standard InChI is InChI=1S/C26H32N4O7.C25H30N4O8.C18H27N3O5.C11H14O4.C8H15NO.C7H14N2O.C4H8O.C2H7N.C2H6O/c1-14(2)20-21-15(3)19(13-28-11-10-17(12-28)23(31)27(4)5)22(29(21)24(20)32)26(34)37-25(33)16-6-8-18(9-7-16)30(35)36;1-13-18(12-27-10-9-16(11-27)22(31)26(3)4)21(28-20(13)19(14(2)30)23(28)32)25(34)37-24(33)15-5-7-17(8-6-15)29(35)36;1-9-12(8-20-6-5-11(7-20)16(23)19(3)4)15(18(25)26)21-14(9)13(10(2)22)17(21)24;12-8-5-6-9(13)10(8)15-11(14)7-3-1-2-4-7;1-9(2)8(10)7-5-3-4-6-7;1-9(2)7(10)6-3-4-8-5-6;1-2-4-5-3-1;1-3-2;1-2-3/h6-9,14-15,17,20-21H,10-13H2,1-5H3;5-8,13-14,16,19-20,30H,9-12H2,1-4H3;9-11,13-14,22H,5-8H2,1-4H3,(H,25,26);7,10H,1-6H2;7H,3-6H2,1-2H3;6,8H,3-5H2,1-2H3;1-4H2;3H,1-2H3;3H,2H2,1H3/t15-,17-,20+,21+;13-,14+,16-,19+,20+;9-,10+,11-,13+,14+;;;6-;;;/m000..0.../s1. The monoisotopic (exact) mass is 2050 g/mol. The number of likely N-dealkylation sites (tertiary alicyclic amines) is 3. The van der Waals surface area contributed by atoms with Crippen molar-refractivity contribution in [2.45, 2.75) is 195 Å². The summed E-state index contributed by atoms with van der Waals surface area (Å²) in [4.78, 5) is 235. The summed E-state index contributed by atoms with van der Waals surface area (Å²) in [6.45, 7) is 23.4. The number of ether oxygens (including phenoxy) is 4. The summed E-state index contributed by atoms with van der Waals surface area (Å²) in [5.41, 5.74) is 1.73. The number of carboxylic acids is 1. The van der Waals surface area contributed by atoms with Crippen LogP contribution in [0.5, 0.6) is 0 Å². The second kappa shape index (κ2) is 54.9. The lowest BCUT2D eigenvalue weighted by molar-refractivity contribution is -0.385. The van der Waals surface area contributed by atoms with Crippen LogP contribution in [-0.4, -0.2) is 392 Å². The van der Waals surface area contributed by atoms with Crippen LogP contribution in [0, 0.1) is 97.2 Å². The van der Waals surface area contributed by atoms with Gasteiger partial charge in [-0.3, -0.25) is 87.7 Å². The van der Waals surface area contributed by atoms with E-state index in [1.807, 2.05) is 67.7 Å². The Morgan fingerprint density at radius 3 is 1.06 bits per heavy atom. The van der Waals surface area contributed by atoms with Gasteiger partial charge in [0.05, 0.1) is 98.7 Å². The summed E-state index contributed by atoms with van der Waals surface area (Å²) in [5.74, 6) is -7.75. The molecule has 43 nitrogen and oxygen atoms in total. The zero-order valence-electron chi connectivity index (χ0n) is 88.2. The molecule has 2 aromatic rings. The average molecular weight is 2050 g/mol. The molecule has 15 atom stereocenters. The van der Waals surface area contributed by atoms with E-state index >= 15 is 0 Å². The number of nitro groups is 2. The lowest BCUT2D eigenvalue weighted by atomic mass is 9.74. The minimum absolute atomic E-state index is 0.0109. The predicted octanol–water partition coefficient (Wildman–Crippen LogP) is 5.07. The molecule has 6 N–H and O–H groups in total. The van der Waals surface area contributed by atoms with E-state index < -0.39 is 81.8 Å². The summed E-state index contributed by atoms with van der Waals surface area (Å²) in [6, 6.07) is 8.47. The van der Waals surface area contributed by atoms with Gasteiger partial charge in [0.1, 0.15) is 17.1 Å². The first-order chi connectivity index (χ1) is 68.9. The first-order valence-corrected chi connectivity index (χ1v) is 50.7. The minimum atomic E-state index is -1.10. The van der Waals surface area contributed by atoms with Gasteiger partial charge in [-0.1, -0.05) is 60.3 Å². The van der Waals surface area contributed by atoms with E-state index in [1.54, 1.807) is 94.7 Å². The number of aliphatic hydroxyl groups is 3. The van der Waals surface area contributed by atoms with Crippen molar-refractivity contribution in [2.24, 2.45) is 76.9 Å². The largest absolute Gasteiger partial charge is 0.477 e. The van der Waals surface area contributed by atoms with Crippen LogP contribution < -0.4 is 10.6 Å². The molecule has 0 aromatic heterocycles. The highest BCUT2D eigenvalue weighted by Gasteiger charge is 2.63. The Morgan fingerprint density at radius 2 is 0.767 bits per heavy atom. The normalized spacial score (nSPS) is 25.3. The second-order valence-electron chi connectivity index (χ2n) is 41.0. The third-order valence-corrected chi connectivity index (χ3v) is 29.0. The molecule has 11 aliphatic heterocycles. The van der Waals surface area contributed by atoms with Crippen molar-refractivity contribution in [3.63, 3.8) is 0 Å². The lowest BCUT2D eigenvalue weighted by Gasteiger charge is -2.47. The molecule has 146 heavy (non-hydrogen) atoms. The Morgan fingerprint density at radius 1 is 0.459 bits per heavy atom. The van der Waals surface area contributed by atoms with Crippen LogP contribution >= 0.6 is 0 Å². The molecule has 11 heterocycles. The molecule has 16 rings (SSSR count). The van der Waals surface area contributed by atoms with Gasteiger partial charge in [0.25, 0.3) is 11.4 Å². The van der Waals surface area contributed by atoms with E-state index in [1.165, 1.54) is 71.6 Å². The Kier molecular flexibility index (Phi) is 45.0. The van der Waals surface area contributed by atoms with E-state index in [9.17, 15) is 112 Å². The van der Waals surface area contributed by atoms with E-state index in [2.05, 4.69) is 20.4 Å². The second-order valence-corrected chi connectivity index (χ2v) is 41.0. The van der Waals surface area contributed by atoms with Gasteiger partial charge in [-0.25, -0.2) is 24.0 Å². The fraction of sp³-hybridized carbons (Fsp3) is 0.670. The van der Waals surface area contributed by atoms with Crippen LogP contribution in [-0.2, 0) is 86.1 Å². The van der Waals surface area contributed by atoms with E-state index in [4.69, 9.17) is 24.1 Å². The van der Waals surface area contributed by atoms with Crippen LogP contribution in [0.15, 0.2) is 82.3 Å². The number of ketones is 2. The van der Waals surface area contributed by atoms with Crippen LogP contribution in [0.3, 0.4) is 0 Å². The number of non-ortho nitro benzene ring substituents is 2. The summed E-state index contributed by atoms with van der Waals surface area (Å²) < 4.78 is 20.2. The molecule has 14 aliphatic rings. The fourth-order valence-corrected chi connectivity index (χ4v) is 21.4. The van der Waals surface area contributed by atoms with Gasteiger partial charge in [0.15, 0.2) is 11.6 Å². The van der Waals surface area contributed by atoms with E-state index in [0.29, 0.717) is 82.6 Å². The number of nitrogens with zero attached hydrogens (tertiary/aromatic N) is 13. The van der Waals surface area contributed by atoms with Gasteiger partial charge in [-0.2, -0.15) is 0 Å². The van der Waals surface area contributed by atoms with Crippen LogP contribution in [0.4, 0.5) is 11.4 Å². The number of β-lactam (4-membered cyclic amide) rings is 3. The topological polar surface area (TPSA) is 537 Å². The molecule has 3 aliphatic carbocycles. The zero-order chi connectivity index (χ0) is 109. The number of fused-ring (bicyclic) bond motifs is 3. The number of nitrogens with one attached hydrogen (secondary N) is 2. The number of hydrogen-bond donors (Lipinski definition) is 6. The molecule has 11 fully saturated rings.